The molecule has 310 valence electrons. The van der Waals surface area contributed by atoms with Crippen molar-refractivity contribution in [1.29, 1.82) is 0 Å². The predicted molar refractivity (Wildman–Crippen MR) is 278 cm³/mol. The molecular weight excluding hydrogens is 821 g/mol. The smallest absolute Gasteiger partial charge is 0.227 e. The monoisotopic (exact) mass is 860 g/mol. The molecule has 66 heavy (non-hydrogen) atoms. The largest absolute Gasteiger partial charge is 0.456 e. The van der Waals surface area contributed by atoms with Gasteiger partial charge in [0.1, 0.15) is 16.7 Å². The summed E-state index contributed by atoms with van der Waals surface area (Å²) in [6.07, 6.45) is 0. The van der Waals surface area contributed by atoms with Crippen molar-refractivity contribution in [3.05, 3.63) is 243 Å². The van der Waals surface area contributed by atoms with Gasteiger partial charge in [-0.3, -0.25) is 0 Å². The van der Waals surface area contributed by atoms with Gasteiger partial charge >= 0.3 is 0 Å². The Bertz CT molecular complexity index is 3840. The summed E-state index contributed by atoms with van der Waals surface area (Å²) in [6.45, 7) is 0. The zero-order valence-electron chi connectivity index (χ0n) is 35.8. The van der Waals surface area contributed by atoms with Crippen molar-refractivity contribution >= 4 is 111 Å². The molecule has 0 saturated carbocycles. The van der Waals surface area contributed by atoms with Crippen LogP contribution in [0.15, 0.2) is 251 Å². The minimum absolute atomic E-state index is 0.607. The number of hydrogen-bond donors (Lipinski definition) is 0. The second kappa shape index (κ2) is 15.3. The van der Waals surface area contributed by atoms with Crippen LogP contribution in [0.1, 0.15) is 0 Å². The first-order valence-corrected chi connectivity index (χ1v) is 24.4. The number of rotatable bonds is 8. The molecule has 0 saturated heterocycles. The summed E-state index contributed by atoms with van der Waals surface area (Å²) in [6, 6.07) is 87.8. The van der Waals surface area contributed by atoms with Crippen molar-refractivity contribution in [3.63, 3.8) is 0 Å². The lowest BCUT2D eigenvalue weighted by molar-refractivity contribution is 0.623. The minimum Gasteiger partial charge on any atom is -0.456 e. The lowest BCUT2D eigenvalue weighted by atomic mass is 9.98. The first-order chi connectivity index (χ1) is 32.7. The van der Waals surface area contributed by atoms with Crippen LogP contribution in [-0.4, -0.2) is 13.1 Å². The number of oxazole rings is 1. The molecule has 5 heteroatoms. The van der Waals surface area contributed by atoms with Crippen molar-refractivity contribution in [3.8, 4) is 11.5 Å². The number of aromatic nitrogens is 1. The van der Waals surface area contributed by atoms with Crippen LogP contribution in [0.4, 0.5) is 17.1 Å². The highest BCUT2D eigenvalue weighted by Gasteiger charge is 2.44. The van der Waals surface area contributed by atoms with Crippen LogP contribution in [0.2, 0.25) is 0 Å². The van der Waals surface area contributed by atoms with Gasteiger partial charge in [-0.2, -0.15) is 0 Å². The summed E-state index contributed by atoms with van der Waals surface area (Å²) in [5, 5.41) is 13.9. The zero-order valence-corrected chi connectivity index (χ0v) is 36.8. The molecular formula is C61H40N2O2Si. The molecule has 0 fully saturated rings. The van der Waals surface area contributed by atoms with Crippen molar-refractivity contribution in [1.82, 2.24) is 4.98 Å². The molecule has 0 aliphatic rings. The van der Waals surface area contributed by atoms with E-state index in [4.69, 9.17) is 13.8 Å². The Morgan fingerprint density at radius 2 is 0.970 bits per heavy atom. The lowest BCUT2D eigenvalue weighted by Gasteiger charge is -2.39. The molecule has 0 aliphatic heterocycles. The van der Waals surface area contributed by atoms with Crippen LogP contribution < -0.4 is 25.6 Å². The molecule has 0 aliphatic carbocycles. The Labute approximate surface area is 382 Å². The average molecular weight is 861 g/mol. The topological polar surface area (TPSA) is 42.4 Å². The van der Waals surface area contributed by atoms with Gasteiger partial charge in [-0.25, -0.2) is 4.98 Å². The van der Waals surface area contributed by atoms with E-state index in [0.717, 1.165) is 88.0 Å². The summed E-state index contributed by atoms with van der Waals surface area (Å²) in [5.41, 5.74) is 7.42. The Morgan fingerprint density at radius 1 is 0.394 bits per heavy atom. The second-order valence-electron chi connectivity index (χ2n) is 17.0. The van der Waals surface area contributed by atoms with Crippen LogP contribution in [0.5, 0.6) is 0 Å². The number of hydrogen-bond acceptors (Lipinski definition) is 4. The molecule has 13 rings (SSSR count). The molecule has 0 atom stereocenters. The number of benzene rings is 11. The number of furan rings is 1. The third-order valence-corrected chi connectivity index (χ3v) is 18.2. The maximum Gasteiger partial charge on any atom is 0.227 e. The van der Waals surface area contributed by atoms with Crippen LogP contribution in [0, 0.1) is 0 Å². The van der Waals surface area contributed by atoms with E-state index in [0.29, 0.717) is 5.89 Å². The molecule has 2 heterocycles. The summed E-state index contributed by atoms with van der Waals surface area (Å²) in [4.78, 5) is 7.56. The van der Waals surface area contributed by atoms with E-state index in [1.165, 1.54) is 20.7 Å². The lowest BCUT2D eigenvalue weighted by Crippen LogP contribution is -2.75. The Kier molecular flexibility index (Phi) is 8.83. The molecule has 0 amide bonds. The van der Waals surface area contributed by atoms with Gasteiger partial charge < -0.3 is 13.7 Å². The Morgan fingerprint density at radius 3 is 1.70 bits per heavy atom. The first-order valence-electron chi connectivity index (χ1n) is 22.4. The van der Waals surface area contributed by atoms with Crippen LogP contribution in [-0.2, 0) is 0 Å². The maximum atomic E-state index is 6.81. The van der Waals surface area contributed by atoms with Crippen LogP contribution in [0.25, 0.3) is 76.8 Å². The van der Waals surface area contributed by atoms with E-state index in [-0.39, 0.29) is 0 Å². The molecule has 0 N–H and O–H groups in total. The van der Waals surface area contributed by atoms with Gasteiger partial charge in [-0.1, -0.05) is 194 Å². The highest BCUT2D eigenvalue weighted by Crippen LogP contribution is 2.48. The minimum atomic E-state index is -3.10. The van der Waals surface area contributed by atoms with E-state index < -0.39 is 8.07 Å². The van der Waals surface area contributed by atoms with Gasteiger partial charge in [0.2, 0.25) is 5.89 Å². The van der Waals surface area contributed by atoms with Crippen molar-refractivity contribution in [2.75, 3.05) is 4.90 Å². The molecule has 4 nitrogen and oxygen atoms in total. The predicted octanol–water partition coefficient (Wildman–Crippen LogP) is 13.7. The third kappa shape index (κ3) is 5.87. The number of fused-ring (bicyclic) bond motifs is 9. The maximum absolute atomic E-state index is 6.81. The molecule has 0 unspecified atom stereocenters. The van der Waals surface area contributed by atoms with Gasteiger partial charge in [-0.15, -0.1) is 0 Å². The molecule has 0 bridgehead atoms. The summed E-state index contributed by atoms with van der Waals surface area (Å²) < 4.78 is 13.6. The fourth-order valence-electron chi connectivity index (χ4n) is 10.5. The van der Waals surface area contributed by atoms with E-state index >= 15 is 0 Å². The fourth-order valence-corrected chi connectivity index (χ4v) is 15.5. The molecule has 2 aromatic heterocycles. The standard InChI is InChI=1S/C61H40N2O2Si/c1-5-19-43(20-6-1)61-62-52-38-36-42-34-33-41-35-37-45(40-51(41)57(42)60(52)65-61)63(59-49-28-14-13-21-44(49)39-55-58(59)50-29-15-17-31-54(50)64-55)53-30-16-18-32-56(53)66(46-22-7-2-8-23-46,47-24-9-3-10-25-47)48-26-11-4-12-27-48/h1-40H. The quantitative estimate of drug-likeness (QED) is 0.0867. The normalized spacial score (nSPS) is 11.9. The first kappa shape index (κ1) is 38.0. The van der Waals surface area contributed by atoms with Crippen LogP contribution in [0.3, 0.4) is 0 Å². The van der Waals surface area contributed by atoms with E-state index in [9.17, 15) is 0 Å². The highest BCUT2D eigenvalue weighted by molar-refractivity contribution is 7.20. The molecule has 11 aromatic carbocycles. The Balaban J connectivity index is 1.19. The number of anilines is 3. The van der Waals surface area contributed by atoms with E-state index in [2.05, 4.69) is 217 Å². The Hall–Kier alpha value is -8.51. The van der Waals surface area contributed by atoms with Gasteiger partial charge in [0.05, 0.1) is 11.1 Å². The molecule has 0 radical (unpaired) electrons. The summed E-state index contributed by atoms with van der Waals surface area (Å²) in [7, 11) is -3.10. The SMILES string of the molecule is c1ccc(-c2nc3ccc4ccc5ccc(N(c6ccccc6[Si](c6ccccc6)(c6ccccc6)c6ccccc6)c6c7ccccc7cc7oc8ccccc8c67)cc5c4c3o2)cc1. The third-order valence-electron chi connectivity index (χ3n) is 13.4. The number of para-hydroxylation sites is 2. The van der Waals surface area contributed by atoms with Gasteiger partial charge in [-0.05, 0) is 90.8 Å². The number of nitrogens with zero attached hydrogens (tertiary/aromatic N) is 2. The fraction of sp³-hybridized carbons (Fsp3) is 0. The average Bonchev–Trinajstić information content (AvgIpc) is 4.00. The van der Waals surface area contributed by atoms with Crippen molar-refractivity contribution in [2.45, 2.75) is 0 Å². The van der Waals surface area contributed by atoms with Gasteiger partial charge in [0.25, 0.3) is 0 Å². The van der Waals surface area contributed by atoms with E-state index in [1.54, 1.807) is 0 Å². The van der Waals surface area contributed by atoms with Crippen molar-refractivity contribution < 1.29 is 8.83 Å². The molecule has 13 aromatic rings. The van der Waals surface area contributed by atoms with Gasteiger partial charge in [0.15, 0.2) is 13.7 Å². The zero-order chi connectivity index (χ0) is 43.6. The van der Waals surface area contributed by atoms with E-state index in [1.807, 2.05) is 30.3 Å². The summed E-state index contributed by atoms with van der Waals surface area (Å²) in [5.74, 6) is 0.607. The second-order valence-corrected chi connectivity index (χ2v) is 20.8. The molecule has 0 spiro atoms. The van der Waals surface area contributed by atoms with Crippen molar-refractivity contribution in [2.24, 2.45) is 0 Å². The van der Waals surface area contributed by atoms with Crippen LogP contribution >= 0.6 is 0 Å². The van der Waals surface area contributed by atoms with Gasteiger partial charge in [0, 0.05) is 33.1 Å². The summed E-state index contributed by atoms with van der Waals surface area (Å²) >= 11 is 0. The highest BCUT2D eigenvalue weighted by atomic mass is 28.3.